The van der Waals surface area contributed by atoms with Crippen LogP contribution in [0.15, 0.2) is 24.3 Å². The lowest BCUT2D eigenvalue weighted by molar-refractivity contribution is -0.143. The molecule has 1 aromatic carbocycles. The Morgan fingerprint density at radius 2 is 2.22 bits per heavy atom. The molecule has 2 rings (SSSR count). The fourth-order valence-corrected chi connectivity index (χ4v) is 3.11. The van der Waals surface area contributed by atoms with Crippen molar-refractivity contribution < 1.29 is 14.6 Å². The van der Waals surface area contributed by atoms with Crippen molar-refractivity contribution in [1.29, 1.82) is 0 Å². The van der Waals surface area contributed by atoms with Crippen molar-refractivity contribution in [2.75, 3.05) is 19.7 Å². The number of likely N-dealkylation sites (tertiary alicyclic amines) is 1. The zero-order valence-corrected chi connectivity index (χ0v) is 14.2. The number of carboxylic acid groups (broad SMARTS) is 1. The highest BCUT2D eigenvalue weighted by Crippen LogP contribution is 2.21. The first kappa shape index (κ1) is 17.8. The molecule has 0 bridgehead atoms. The first-order chi connectivity index (χ1) is 11.2. The van der Waals surface area contributed by atoms with Gasteiger partial charge in [0.05, 0.1) is 12.5 Å². The van der Waals surface area contributed by atoms with E-state index in [1.54, 1.807) is 0 Å². The third-order valence-electron chi connectivity index (χ3n) is 4.43. The maximum absolute atomic E-state index is 11.2. The van der Waals surface area contributed by atoms with Gasteiger partial charge in [0, 0.05) is 13.1 Å². The number of rotatable bonds is 9. The molecule has 1 unspecified atom stereocenters. The molecule has 0 spiro atoms. The van der Waals surface area contributed by atoms with Crippen LogP contribution in [0.5, 0.6) is 5.75 Å². The number of hydrogen-bond donors (Lipinski definition) is 1. The number of unbranched alkanes of at least 4 members (excludes halogenated alkanes) is 3. The van der Waals surface area contributed by atoms with Gasteiger partial charge in [-0.1, -0.05) is 38.3 Å². The SMILES string of the molecule is CCCCCCOc1cccc(CN2CCCC(C(=O)O)C2)c1. The third-order valence-corrected chi connectivity index (χ3v) is 4.43. The van der Waals surface area contributed by atoms with Crippen LogP contribution in [0.2, 0.25) is 0 Å². The number of carbonyl (C=O) groups is 1. The minimum atomic E-state index is -0.668. The van der Waals surface area contributed by atoms with E-state index < -0.39 is 5.97 Å². The van der Waals surface area contributed by atoms with E-state index in [9.17, 15) is 9.90 Å². The van der Waals surface area contributed by atoms with E-state index in [2.05, 4.69) is 24.0 Å². The highest BCUT2D eigenvalue weighted by atomic mass is 16.5. The van der Waals surface area contributed by atoms with Crippen molar-refractivity contribution in [1.82, 2.24) is 4.90 Å². The van der Waals surface area contributed by atoms with Crippen molar-refractivity contribution in [3.8, 4) is 5.75 Å². The summed E-state index contributed by atoms with van der Waals surface area (Å²) in [5.74, 6) is 0.0337. The Bertz CT molecular complexity index is 489. The number of nitrogens with zero attached hydrogens (tertiary/aromatic N) is 1. The molecule has 1 aliphatic heterocycles. The van der Waals surface area contributed by atoms with Gasteiger partial charge in [-0.2, -0.15) is 0 Å². The van der Waals surface area contributed by atoms with E-state index in [0.29, 0.717) is 6.54 Å². The van der Waals surface area contributed by atoms with E-state index in [1.807, 2.05) is 12.1 Å². The number of hydrogen-bond acceptors (Lipinski definition) is 3. The average molecular weight is 319 g/mol. The zero-order valence-electron chi connectivity index (χ0n) is 14.2. The fraction of sp³-hybridized carbons (Fsp3) is 0.632. The average Bonchev–Trinajstić information content (AvgIpc) is 2.55. The van der Waals surface area contributed by atoms with Gasteiger partial charge in [0.2, 0.25) is 0 Å². The van der Waals surface area contributed by atoms with Crippen LogP contribution < -0.4 is 4.74 Å². The third kappa shape index (κ3) is 6.22. The van der Waals surface area contributed by atoms with Crippen LogP contribution in [0.3, 0.4) is 0 Å². The van der Waals surface area contributed by atoms with Gasteiger partial charge in [0.15, 0.2) is 0 Å². The van der Waals surface area contributed by atoms with E-state index in [1.165, 1.54) is 24.8 Å². The molecule has 0 saturated carbocycles. The Morgan fingerprint density at radius 1 is 1.35 bits per heavy atom. The lowest BCUT2D eigenvalue weighted by atomic mass is 9.98. The second-order valence-corrected chi connectivity index (χ2v) is 6.47. The lowest BCUT2D eigenvalue weighted by Crippen LogP contribution is -2.38. The molecule has 23 heavy (non-hydrogen) atoms. The molecule has 0 amide bonds. The van der Waals surface area contributed by atoms with Gasteiger partial charge in [0.1, 0.15) is 5.75 Å². The van der Waals surface area contributed by atoms with Crippen LogP contribution in [-0.4, -0.2) is 35.7 Å². The van der Waals surface area contributed by atoms with Crippen LogP contribution in [0.1, 0.15) is 51.0 Å². The largest absolute Gasteiger partial charge is 0.494 e. The summed E-state index contributed by atoms with van der Waals surface area (Å²) in [4.78, 5) is 13.4. The lowest BCUT2D eigenvalue weighted by Gasteiger charge is -2.30. The normalized spacial score (nSPS) is 18.7. The highest BCUT2D eigenvalue weighted by molar-refractivity contribution is 5.70. The second-order valence-electron chi connectivity index (χ2n) is 6.47. The number of ether oxygens (including phenoxy) is 1. The summed E-state index contributed by atoms with van der Waals surface area (Å²) < 4.78 is 5.83. The van der Waals surface area contributed by atoms with E-state index in [-0.39, 0.29) is 5.92 Å². The van der Waals surface area contributed by atoms with Gasteiger partial charge in [0.25, 0.3) is 0 Å². The summed E-state index contributed by atoms with van der Waals surface area (Å²) in [6.45, 7) is 5.41. The minimum Gasteiger partial charge on any atom is -0.494 e. The summed E-state index contributed by atoms with van der Waals surface area (Å²) >= 11 is 0. The molecule has 0 aromatic heterocycles. The Morgan fingerprint density at radius 3 is 3.00 bits per heavy atom. The molecule has 0 radical (unpaired) electrons. The summed E-state index contributed by atoms with van der Waals surface area (Å²) in [7, 11) is 0. The molecule has 4 nitrogen and oxygen atoms in total. The summed E-state index contributed by atoms with van der Waals surface area (Å²) in [5, 5.41) is 9.18. The van der Waals surface area contributed by atoms with Crippen LogP contribution in [-0.2, 0) is 11.3 Å². The molecule has 1 aromatic rings. The second kappa shape index (κ2) is 9.56. The molecule has 1 aliphatic rings. The number of benzene rings is 1. The summed E-state index contributed by atoms with van der Waals surface area (Å²) in [6, 6.07) is 8.20. The first-order valence-electron chi connectivity index (χ1n) is 8.86. The molecule has 1 N–H and O–H groups in total. The Labute approximate surface area is 139 Å². The Balaban J connectivity index is 1.81. The number of aliphatic carboxylic acids is 1. The van der Waals surface area contributed by atoms with Gasteiger partial charge >= 0.3 is 5.97 Å². The molecule has 1 heterocycles. The molecule has 1 atom stereocenters. The van der Waals surface area contributed by atoms with Crippen molar-refractivity contribution in [3.63, 3.8) is 0 Å². The van der Waals surface area contributed by atoms with Crippen molar-refractivity contribution in [2.24, 2.45) is 5.92 Å². The molecule has 0 aliphatic carbocycles. The van der Waals surface area contributed by atoms with Gasteiger partial charge in [-0.15, -0.1) is 0 Å². The predicted octanol–water partition coefficient (Wildman–Crippen LogP) is 3.94. The molecular weight excluding hydrogens is 290 g/mol. The monoisotopic (exact) mass is 319 g/mol. The quantitative estimate of drug-likeness (QED) is 0.700. The van der Waals surface area contributed by atoms with Crippen LogP contribution in [0.4, 0.5) is 0 Å². The van der Waals surface area contributed by atoms with E-state index >= 15 is 0 Å². The topological polar surface area (TPSA) is 49.8 Å². The highest BCUT2D eigenvalue weighted by Gasteiger charge is 2.25. The van der Waals surface area contributed by atoms with Crippen molar-refractivity contribution in [3.05, 3.63) is 29.8 Å². The Kier molecular flexibility index (Phi) is 7.40. The van der Waals surface area contributed by atoms with Crippen molar-refractivity contribution in [2.45, 2.75) is 52.0 Å². The molecule has 4 heteroatoms. The van der Waals surface area contributed by atoms with Gasteiger partial charge in [-0.05, 0) is 43.5 Å². The van der Waals surface area contributed by atoms with Crippen LogP contribution in [0.25, 0.3) is 0 Å². The minimum absolute atomic E-state index is 0.221. The maximum atomic E-state index is 11.2. The molecule has 1 fully saturated rings. The first-order valence-corrected chi connectivity index (χ1v) is 8.86. The number of piperidine rings is 1. The maximum Gasteiger partial charge on any atom is 0.307 e. The predicted molar refractivity (Wildman–Crippen MR) is 91.7 cm³/mol. The smallest absolute Gasteiger partial charge is 0.307 e. The van der Waals surface area contributed by atoms with Gasteiger partial charge in [-0.25, -0.2) is 0 Å². The molecule has 1 saturated heterocycles. The van der Waals surface area contributed by atoms with Crippen molar-refractivity contribution >= 4 is 5.97 Å². The molecule has 128 valence electrons. The standard InChI is InChI=1S/C19H29NO3/c1-2-3-4-5-12-23-18-10-6-8-16(13-18)14-20-11-7-9-17(15-20)19(21)22/h6,8,10,13,17H,2-5,7,9,11-12,14-15H2,1H3,(H,21,22). The zero-order chi connectivity index (χ0) is 16.5. The summed E-state index contributed by atoms with van der Waals surface area (Å²) in [6.07, 6.45) is 6.59. The van der Waals surface area contributed by atoms with E-state index in [4.69, 9.17) is 4.74 Å². The van der Waals surface area contributed by atoms with Gasteiger partial charge in [-0.3, -0.25) is 9.69 Å². The Hall–Kier alpha value is -1.55. The summed E-state index contributed by atoms with van der Waals surface area (Å²) in [5.41, 5.74) is 1.20. The molecular formula is C19H29NO3. The van der Waals surface area contributed by atoms with E-state index in [0.717, 1.165) is 44.7 Å². The van der Waals surface area contributed by atoms with Crippen LogP contribution >= 0.6 is 0 Å². The van der Waals surface area contributed by atoms with Gasteiger partial charge < -0.3 is 9.84 Å². The fourth-order valence-electron chi connectivity index (χ4n) is 3.11. The van der Waals surface area contributed by atoms with Crippen LogP contribution in [0, 0.1) is 5.92 Å². The number of carboxylic acids is 1.